The molecule has 5 nitrogen and oxygen atoms in total. The molecule has 0 amide bonds. The van der Waals surface area contributed by atoms with E-state index in [1.807, 2.05) is 0 Å². The Bertz CT molecular complexity index is 255. The maximum absolute atomic E-state index is 11.9. The molecular weight excluding hydrogens is 269 g/mol. The third kappa shape index (κ3) is 8.28. The molecule has 17 heavy (non-hydrogen) atoms. The molecule has 2 unspecified atom stereocenters. The number of halogens is 1. The average molecular weight is 285 g/mol. The highest BCUT2D eigenvalue weighted by Gasteiger charge is 2.18. The van der Waals surface area contributed by atoms with Gasteiger partial charge in [0.1, 0.15) is 6.04 Å². The van der Waals surface area contributed by atoms with E-state index in [9.17, 15) is 14.0 Å². The minimum absolute atomic E-state index is 0.218. The minimum atomic E-state index is -1.08. The normalized spacial score (nSPS) is 14.2. The van der Waals surface area contributed by atoms with Gasteiger partial charge in [-0.2, -0.15) is 0 Å². The zero-order valence-corrected chi connectivity index (χ0v) is 10.8. The van der Waals surface area contributed by atoms with E-state index in [1.165, 1.54) is 21.6 Å². The van der Waals surface area contributed by atoms with Crippen LogP contribution >= 0.6 is 21.6 Å². The predicted molar refractivity (Wildman–Crippen MR) is 66.9 cm³/mol. The van der Waals surface area contributed by atoms with Crippen LogP contribution < -0.4 is 5.73 Å². The van der Waals surface area contributed by atoms with Gasteiger partial charge < -0.3 is 15.9 Å². The first-order valence-corrected chi connectivity index (χ1v) is 7.49. The molecule has 2 atom stereocenters. The van der Waals surface area contributed by atoms with Gasteiger partial charge in [0, 0.05) is 11.5 Å². The first kappa shape index (κ1) is 16.5. The average Bonchev–Trinajstić information content (AvgIpc) is 2.27. The second kappa shape index (κ2) is 9.55. The SMILES string of the molecule is NC(CSSCC(CCCF)C(=O)O)C(=O)O. The van der Waals surface area contributed by atoms with Gasteiger partial charge in [0.15, 0.2) is 0 Å². The van der Waals surface area contributed by atoms with Crippen molar-refractivity contribution in [1.82, 2.24) is 0 Å². The van der Waals surface area contributed by atoms with Crippen molar-refractivity contribution in [1.29, 1.82) is 0 Å². The van der Waals surface area contributed by atoms with E-state index in [-0.39, 0.29) is 12.2 Å². The highest BCUT2D eigenvalue weighted by atomic mass is 33.1. The third-order valence-electron chi connectivity index (χ3n) is 1.95. The fourth-order valence-electron chi connectivity index (χ4n) is 0.925. The lowest BCUT2D eigenvalue weighted by Gasteiger charge is -2.11. The molecule has 0 aromatic carbocycles. The maximum Gasteiger partial charge on any atom is 0.321 e. The van der Waals surface area contributed by atoms with Crippen molar-refractivity contribution in [2.45, 2.75) is 18.9 Å². The van der Waals surface area contributed by atoms with Crippen LogP contribution in [0.25, 0.3) is 0 Å². The molecule has 0 radical (unpaired) electrons. The van der Waals surface area contributed by atoms with Gasteiger partial charge in [-0.05, 0) is 12.8 Å². The molecule has 100 valence electrons. The lowest BCUT2D eigenvalue weighted by atomic mass is 10.1. The van der Waals surface area contributed by atoms with Crippen LogP contribution in [0.15, 0.2) is 0 Å². The van der Waals surface area contributed by atoms with Crippen LogP contribution in [-0.2, 0) is 9.59 Å². The van der Waals surface area contributed by atoms with Gasteiger partial charge in [0.25, 0.3) is 0 Å². The molecule has 0 fully saturated rings. The summed E-state index contributed by atoms with van der Waals surface area (Å²) in [6.45, 7) is -0.522. The smallest absolute Gasteiger partial charge is 0.321 e. The van der Waals surface area contributed by atoms with E-state index in [2.05, 4.69) is 0 Å². The first-order valence-electron chi connectivity index (χ1n) is 5.00. The fourth-order valence-corrected chi connectivity index (χ4v) is 3.39. The molecule has 0 aliphatic heterocycles. The van der Waals surface area contributed by atoms with Crippen molar-refractivity contribution in [2.24, 2.45) is 11.7 Å². The number of hydrogen-bond donors (Lipinski definition) is 3. The fraction of sp³-hybridized carbons (Fsp3) is 0.778. The molecule has 4 N–H and O–H groups in total. The lowest BCUT2D eigenvalue weighted by Crippen LogP contribution is -2.32. The number of carboxylic acids is 2. The number of nitrogens with two attached hydrogens (primary N) is 1. The van der Waals surface area contributed by atoms with Crippen molar-refractivity contribution in [2.75, 3.05) is 18.2 Å². The molecule has 0 spiro atoms. The Balaban J connectivity index is 3.75. The number of aliphatic carboxylic acids is 2. The van der Waals surface area contributed by atoms with Crippen molar-refractivity contribution < 1.29 is 24.2 Å². The molecule has 0 saturated heterocycles. The third-order valence-corrected chi connectivity index (χ3v) is 4.47. The highest BCUT2D eigenvalue weighted by Crippen LogP contribution is 2.26. The summed E-state index contributed by atoms with van der Waals surface area (Å²) in [5.41, 5.74) is 5.27. The molecule has 0 saturated carbocycles. The molecule has 0 bridgehead atoms. The van der Waals surface area contributed by atoms with Gasteiger partial charge in [0.05, 0.1) is 12.6 Å². The standard InChI is InChI=1S/C9H16FNO4S2/c10-3-1-2-6(8(12)13)4-16-17-5-7(11)9(14)15/h6-7H,1-5,11H2,(H,12,13)(H,14,15). The van der Waals surface area contributed by atoms with Crippen LogP contribution in [0, 0.1) is 5.92 Å². The van der Waals surface area contributed by atoms with Gasteiger partial charge in [-0.3, -0.25) is 14.0 Å². The van der Waals surface area contributed by atoms with Crippen LogP contribution in [-0.4, -0.2) is 46.4 Å². The predicted octanol–water partition coefficient (Wildman–Crippen LogP) is 1.23. The second-order valence-electron chi connectivity index (χ2n) is 3.38. The van der Waals surface area contributed by atoms with Gasteiger partial charge in [-0.15, -0.1) is 0 Å². The van der Waals surface area contributed by atoms with Crippen LogP contribution in [0.1, 0.15) is 12.8 Å². The molecular formula is C9H16FNO4S2. The Morgan fingerprint density at radius 2 is 1.76 bits per heavy atom. The van der Waals surface area contributed by atoms with Crippen molar-refractivity contribution >= 4 is 33.5 Å². The van der Waals surface area contributed by atoms with Crippen molar-refractivity contribution in [3.63, 3.8) is 0 Å². The van der Waals surface area contributed by atoms with E-state index < -0.39 is 30.6 Å². The lowest BCUT2D eigenvalue weighted by molar-refractivity contribution is -0.141. The van der Waals surface area contributed by atoms with Crippen LogP contribution in [0.3, 0.4) is 0 Å². The Hall–Kier alpha value is -0.470. The molecule has 0 aromatic heterocycles. The van der Waals surface area contributed by atoms with E-state index in [1.54, 1.807) is 0 Å². The van der Waals surface area contributed by atoms with E-state index >= 15 is 0 Å². The van der Waals surface area contributed by atoms with Gasteiger partial charge in [0.2, 0.25) is 0 Å². The second-order valence-corrected chi connectivity index (χ2v) is 5.93. The Morgan fingerprint density at radius 1 is 1.18 bits per heavy atom. The summed E-state index contributed by atoms with van der Waals surface area (Å²) >= 11 is 0. The van der Waals surface area contributed by atoms with Crippen LogP contribution in [0.2, 0.25) is 0 Å². The summed E-state index contributed by atoms with van der Waals surface area (Å²) < 4.78 is 11.9. The molecule has 0 aliphatic carbocycles. The summed E-state index contributed by atoms with van der Waals surface area (Å²) in [5, 5.41) is 17.3. The molecule has 0 aliphatic rings. The number of carbonyl (C=O) groups is 2. The Morgan fingerprint density at radius 3 is 2.24 bits per heavy atom. The number of hydrogen-bond acceptors (Lipinski definition) is 5. The summed E-state index contributed by atoms with van der Waals surface area (Å²) in [6.07, 6.45) is 0.529. The van der Waals surface area contributed by atoms with Crippen molar-refractivity contribution in [3.8, 4) is 0 Å². The van der Waals surface area contributed by atoms with E-state index in [0.29, 0.717) is 12.2 Å². The first-order chi connectivity index (χ1) is 7.99. The summed E-state index contributed by atoms with van der Waals surface area (Å²) in [7, 11) is 2.48. The summed E-state index contributed by atoms with van der Waals surface area (Å²) in [4.78, 5) is 21.2. The van der Waals surface area contributed by atoms with Crippen LogP contribution in [0.5, 0.6) is 0 Å². The van der Waals surface area contributed by atoms with Crippen molar-refractivity contribution in [3.05, 3.63) is 0 Å². The highest BCUT2D eigenvalue weighted by molar-refractivity contribution is 8.76. The van der Waals surface area contributed by atoms with E-state index in [4.69, 9.17) is 15.9 Å². The maximum atomic E-state index is 11.9. The zero-order valence-electron chi connectivity index (χ0n) is 9.17. The van der Waals surface area contributed by atoms with E-state index in [0.717, 1.165) is 0 Å². The van der Waals surface area contributed by atoms with Gasteiger partial charge >= 0.3 is 11.9 Å². The largest absolute Gasteiger partial charge is 0.481 e. The van der Waals surface area contributed by atoms with Crippen LogP contribution in [0.4, 0.5) is 4.39 Å². The molecule has 0 aromatic rings. The van der Waals surface area contributed by atoms with Gasteiger partial charge in [-0.1, -0.05) is 21.6 Å². The Kier molecular flexibility index (Phi) is 9.28. The molecule has 8 heteroatoms. The number of carboxylic acid groups (broad SMARTS) is 2. The summed E-state index contributed by atoms with van der Waals surface area (Å²) in [6, 6.07) is -0.943. The number of alkyl halides is 1. The minimum Gasteiger partial charge on any atom is -0.481 e. The Labute approximate surface area is 107 Å². The number of rotatable bonds is 10. The summed E-state index contributed by atoms with van der Waals surface area (Å²) in [5.74, 6) is -2.08. The zero-order chi connectivity index (χ0) is 13.3. The molecule has 0 heterocycles. The van der Waals surface area contributed by atoms with Gasteiger partial charge in [-0.25, -0.2) is 0 Å². The topological polar surface area (TPSA) is 101 Å². The molecule has 0 rings (SSSR count). The monoisotopic (exact) mass is 285 g/mol. The quantitative estimate of drug-likeness (QED) is 0.410.